The van der Waals surface area contributed by atoms with Crippen molar-refractivity contribution >= 4 is 6.08 Å². The van der Waals surface area contributed by atoms with E-state index in [1.807, 2.05) is 25.3 Å². The molecule has 0 spiro atoms. The maximum absolute atomic E-state index is 4.21. The number of nitrogens with zero attached hydrogens (tertiary/aromatic N) is 1. The molecule has 1 heterocycles. The summed E-state index contributed by atoms with van der Waals surface area (Å²) in [6.45, 7) is 7.69. The van der Waals surface area contributed by atoms with Gasteiger partial charge in [-0.1, -0.05) is 24.8 Å². The Morgan fingerprint density at radius 2 is 2.17 bits per heavy atom. The predicted molar refractivity (Wildman–Crippen MR) is 52.9 cm³/mol. The molecule has 0 saturated heterocycles. The van der Waals surface area contributed by atoms with E-state index in [9.17, 15) is 0 Å². The van der Waals surface area contributed by atoms with Crippen LogP contribution in [0.25, 0.3) is 6.08 Å². The third-order valence-electron chi connectivity index (χ3n) is 1.70. The Kier molecular flexibility index (Phi) is 2.81. The van der Waals surface area contributed by atoms with Gasteiger partial charge in [0, 0.05) is 11.9 Å². The molecule has 0 atom stereocenters. The third-order valence-corrected chi connectivity index (χ3v) is 1.70. The molecular formula is C11H13N. The van der Waals surface area contributed by atoms with Crippen LogP contribution in [0.2, 0.25) is 0 Å². The highest BCUT2D eigenvalue weighted by Gasteiger charge is 1.93. The lowest BCUT2D eigenvalue weighted by molar-refractivity contribution is 1.17. The molecule has 0 radical (unpaired) electrons. The van der Waals surface area contributed by atoms with Gasteiger partial charge >= 0.3 is 0 Å². The summed E-state index contributed by atoms with van der Waals surface area (Å²) in [7, 11) is 0. The molecule has 0 aliphatic rings. The molecule has 1 rings (SSSR count). The number of hydrogen-bond acceptors (Lipinski definition) is 1. The molecule has 0 amide bonds. The molecule has 0 aliphatic carbocycles. The summed E-state index contributed by atoms with van der Waals surface area (Å²) in [5.74, 6) is 0. The molecule has 0 aliphatic heterocycles. The van der Waals surface area contributed by atoms with Gasteiger partial charge in [-0.2, -0.15) is 0 Å². The van der Waals surface area contributed by atoms with E-state index in [1.165, 1.54) is 5.56 Å². The van der Waals surface area contributed by atoms with Gasteiger partial charge in [0.25, 0.3) is 0 Å². The van der Waals surface area contributed by atoms with Gasteiger partial charge in [-0.25, -0.2) is 0 Å². The molecule has 1 aromatic rings. The lowest BCUT2D eigenvalue weighted by Crippen LogP contribution is -1.86. The van der Waals surface area contributed by atoms with E-state index >= 15 is 0 Å². The van der Waals surface area contributed by atoms with Crippen LogP contribution in [0.4, 0.5) is 0 Å². The van der Waals surface area contributed by atoms with E-state index in [0.717, 1.165) is 11.3 Å². The molecule has 62 valence electrons. The number of allylic oxidation sites excluding steroid dienone is 2. The van der Waals surface area contributed by atoms with Crippen LogP contribution in [0, 0.1) is 13.8 Å². The zero-order chi connectivity index (χ0) is 8.97. The van der Waals surface area contributed by atoms with Crippen molar-refractivity contribution in [3.8, 4) is 0 Å². The fraction of sp³-hybridized carbons (Fsp3) is 0.182. The fourth-order valence-electron chi connectivity index (χ4n) is 1.05. The molecule has 0 saturated carbocycles. The van der Waals surface area contributed by atoms with Crippen molar-refractivity contribution in [2.24, 2.45) is 0 Å². The minimum atomic E-state index is 1.06. The second kappa shape index (κ2) is 3.86. The Labute approximate surface area is 73.5 Å². The van der Waals surface area contributed by atoms with Crippen molar-refractivity contribution in [2.45, 2.75) is 13.8 Å². The SMILES string of the molecule is C=C/C=C\c1cnc(C)cc1C. The number of aromatic nitrogens is 1. The van der Waals surface area contributed by atoms with Gasteiger partial charge in [0.1, 0.15) is 0 Å². The average molecular weight is 159 g/mol. The van der Waals surface area contributed by atoms with Crippen molar-refractivity contribution in [2.75, 3.05) is 0 Å². The van der Waals surface area contributed by atoms with Gasteiger partial charge in [0.15, 0.2) is 0 Å². The van der Waals surface area contributed by atoms with Crippen LogP contribution in [0.3, 0.4) is 0 Å². The molecular weight excluding hydrogens is 146 g/mol. The second-order valence-corrected chi connectivity index (χ2v) is 2.78. The van der Waals surface area contributed by atoms with E-state index in [-0.39, 0.29) is 0 Å². The van der Waals surface area contributed by atoms with Crippen molar-refractivity contribution in [1.29, 1.82) is 0 Å². The highest BCUT2D eigenvalue weighted by molar-refractivity contribution is 5.53. The van der Waals surface area contributed by atoms with Crippen LogP contribution >= 0.6 is 0 Å². The lowest BCUT2D eigenvalue weighted by atomic mass is 10.1. The highest BCUT2D eigenvalue weighted by Crippen LogP contribution is 2.09. The Balaban J connectivity index is 3.01. The standard InChI is InChI=1S/C11H13N/c1-4-5-6-11-8-12-10(3)7-9(11)2/h4-8H,1H2,2-3H3/b6-5-. The monoisotopic (exact) mass is 159 g/mol. The van der Waals surface area contributed by atoms with Crippen LogP contribution in [-0.4, -0.2) is 4.98 Å². The first kappa shape index (κ1) is 8.72. The fourth-order valence-corrected chi connectivity index (χ4v) is 1.05. The Morgan fingerprint density at radius 3 is 2.75 bits per heavy atom. The summed E-state index contributed by atoms with van der Waals surface area (Å²) in [6, 6.07) is 2.07. The van der Waals surface area contributed by atoms with Crippen LogP contribution < -0.4 is 0 Å². The third kappa shape index (κ3) is 2.06. The van der Waals surface area contributed by atoms with Crippen molar-refractivity contribution in [3.05, 3.63) is 47.8 Å². The first-order chi connectivity index (χ1) is 5.74. The van der Waals surface area contributed by atoms with Gasteiger partial charge in [-0.3, -0.25) is 4.98 Å². The minimum Gasteiger partial charge on any atom is -0.261 e. The van der Waals surface area contributed by atoms with E-state index in [0.29, 0.717) is 0 Å². The summed E-state index contributed by atoms with van der Waals surface area (Å²) in [4.78, 5) is 4.21. The largest absolute Gasteiger partial charge is 0.261 e. The van der Waals surface area contributed by atoms with E-state index in [4.69, 9.17) is 0 Å². The number of hydrogen-bond donors (Lipinski definition) is 0. The number of rotatable bonds is 2. The maximum Gasteiger partial charge on any atom is 0.0375 e. The van der Waals surface area contributed by atoms with E-state index in [1.54, 1.807) is 6.08 Å². The molecule has 1 aromatic heterocycles. The Hall–Kier alpha value is -1.37. The van der Waals surface area contributed by atoms with E-state index in [2.05, 4.69) is 24.6 Å². The predicted octanol–water partition coefficient (Wildman–Crippen LogP) is 2.90. The maximum atomic E-state index is 4.21. The van der Waals surface area contributed by atoms with Crippen molar-refractivity contribution in [3.63, 3.8) is 0 Å². The van der Waals surface area contributed by atoms with Gasteiger partial charge in [-0.05, 0) is 31.0 Å². The average Bonchev–Trinajstić information content (AvgIpc) is 2.03. The zero-order valence-corrected chi connectivity index (χ0v) is 7.54. The Bertz CT molecular complexity index is 311. The van der Waals surface area contributed by atoms with Crippen molar-refractivity contribution < 1.29 is 0 Å². The van der Waals surface area contributed by atoms with Crippen LogP contribution in [-0.2, 0) is 0 Å². The summed E-state index contributed by atoms with van der Waals surface area (Å²) in [6.07, 6.45) is 7.57. The summed E-state index contributed by atoms with van der Waals surface area (Å²) >= 11 is 0. The van der Waals surface area contributed by atoms with Gasteiger partial charge in [0.05, 0.1) is 0 Å². The first-order valence-corrected chi connectivity index (χ1v) is 3.96. The van der Waals surface area contributed by atoms with Crippen LogP contribution in [0.5, 0.6) is 0 Å². The topological polar surface area (TPSA) is 12.9 Å². The number of aryl methyl sites for hydroxylation is 2. The molecule has 12 heavy (non-hydrogen) atoms. The summed E-state index contributed by atoms with van der Waals surface area (Å²) < 4.78 is 0. The molecule has 0 fully saturated rings. The smallest absolute Gasteiger partial charge is 0.0375 e. The zero-order valence-electron chi connectivity index (χ0n) is 7.54. The molecule has 0 aromatic carbocycles. The first-order valence-electron chi connectivity index (χ1n) is 3.96. The van der Waals surface area contributed by atoms with Crippen molar-refractivity contribution in [1.82, 2.24) is 4.98 Å². The van der Waals surface area contributed by atoms with Gasteiger partial charge in [-0.15, -0.1) is 0 Å². The van der Waals surface area contributed by atoms with Crippen LogP contribution in [0.15, 0.2) is 31.0 Å². The molecule has 1 nitrogen and oxygen atoms in total. The van der Waals surface area contributed by atoms with Gasteiger partial charge < -0.3 is 0 Å². The summed E-state index contributed by atoms with van der Waals surface area (Å²) in [5, 5.41) is 0. The molecule has 1 heteroatoms. The summed E-state index contributed by atoms with van der Waals surface area (Å²) in [5.41, 5.74) is 3.46. The highest BCUT2D eigenvalue weighted by atomic mass is 14.7. The Morgan fingerprint density at radius 1 is 1.42 bits per heavy atom. The molecule has 0 unspecified atom stereocenters. The second-order valence-electron chi connectivity index (χ2n) is 2.78. The molecule has 0 bridgehead atoms. The van der Waals surface area contributed by atoms with E-state index < -0.39 is 0 Å². The van der Waals surface area contributed by atoms with Crippen LogP contribution in [0.1, 0.15) is 16.8 Å². The normalized spacial score (nSPS) is 10.5. The van der Waals surface area contributed by atoms with Gasteiger partial charge in [0.2, 0.25) is 0 Å². The minimum absolute atomic E-state index is 1.06. The lowest BCUT2D eigenvalue weighted by Gasteiger charge is -1.99. The quantitative estimate of drug-likeness (QED) is 0.604. The molecule has 0 N–H and O–H groups in total. The number of pyridine rings is 1.